The van der Waals surface area contributed by atoms with Gasteiger partial charge in [-0.2, -0.15) is 18.3 Å². The third-order valence-electron chi connectivity index (χ3n) is 6.05. The number of rotatable bonds is 6. The summed E-state index contributed by atoms with van der Waals surface area (Å²) in [5.74, 6) is -0.891. The highest BCUT2D eigenvalue weighted by molar-refractivity contribution is 5.97. The average molecular weight is 487 g/mol. The number of fused-ring (bicyclic) bond motifs is 2. The van der Waals surface area contributed by atoms with Gasteiger partial charge in [-0.1, -0.05) is 60.7 Å². The standard InChI is InChI=1S/C28H20F3N3O2/c29-28(30,31)24-11-3-10-22-23(16-33-34-27(22)24)18-6-1-5-17(13-18)15-32-25-12-4-8-20-19(14-26(35)36)7-2-9-21(20)25/h1-13,16,32H,14-15H2,(H,35,36). The molecule has 8 heteroatoms. The summed E-state index contributed by atoms with van der Waals surface area (Å²) in [6.07, 6.45) is -3.11. The van der Waals surface area contributed by atoms with Crippen LogP contribution in [0.25, 0.3) is 32.8 Å². The zero-order chi connectivity index (χ0) is 25.3. The lowest BCUT2D eigenvalue weighted by Gasteiger charge is -2.14. The molecule has 2 N–H and O–H groups in total. The first kappa shape index (κ1) is 23.3. The molecule has 0 fully saturated rings. The normalized spacial score (nSPS) is 11.6. The van der Waals surface area contributed by atoms with Crippen molar-refractivity contribution in [1.82, 2.24) is 10.2 Å². The highest BCUT2D eigenvalue weighted by Gasteiger charge is 2.33. The minimum absolute atomic E-state index is 0.0627. The molecule has 0 unspecified atom stereocenters. The Kier molecular flexibility index (Phi) is 6.01. The molecule has 36 heavy (non-hydrogen) atoms. The molecule has 0 radical (unpaired) electrons. The number of alkyl halides is 3. The van der Waals surface area contributed by atoms with E-state index in [0.717, 1.165) is 39.2 Å². The third kappa shape index (κ3) is 4.57. The zero-order valence-corrected chi connectivity index (χ0v) is 18.9. The van der Waals surface area contributed by atoms with E-state index in [1.54, 1.807) is 12.1 Å². The molecular formula is C28H20F3N3O2. The summed E-state index contributed by atoms with van der Waals surface area (Å²) >= 11 is 0. The van der Waals surface area contributed by atoms with Gasteiger partial charge in [0.15, 0.2) is 0 Å². The number of hydrogen-bond acceptors (Lipinski definition) is 4. The fourth-order valence-corrected chi connectivity index (χ4v) is 4.43. The first-order valence-corrected chi connectivity index (χ1v) is 11.2. The SMILES string of the molecule is O=C(O)Cc1cccc2c(NCc3cccc(-c4cnnc5c(C(F)(F)F)cccc45)c3)cccc12. The number of benzene rings is 4. The summed E-state index contributed by atoms with van der Waals surface area (Å²) in [4.78, 5) is 11.2. The van der Waals surface area contributed by atoms with Gasteiger partial charge in [0.05, 0.1) is 18.2 Å². The molecule has 1 aromatic heterocycles. The van der Waals surface area contributed by atoms with Gasteiger partial charge in [0.1, 0.15) is 5.52 Å². The largest absolute Gasteiger partial charge is 0.481 e. The van der Waals surface area contributed by atoms with Crippen LogP contribution in [-0.4, -0.2) is 21.3 Å². The Balaban J connectivity index is 1.46. The number of hydrogen-bond donors (Lipinski definition) is 2. The molecule has 0 amide bonds. The van der Waals surface area contributed by atoms with Crippen LogP contribution in [-0.2, 0) is 23.9 Å². The molecule has 0 aliphatic rings. The van der Waals surface area contributed by atoms with Gasteiger partial charge in [-0.05, 0) is 40.3 Å². The van der Waals surface area contributed by atoms with Gasteiger partial charge in [0, 0.05) is 28.6 Å². The second kappa shape index (κ2) is 9.30. The summed E-state index contributed by atoms with van der Waals surface area (Å²) < 4.78 is 40.4. The molecule has 1 heterocycles. The number of aliphatic carboxylic acids is 1. The second-order valence-corrected chi connectivity index (χ2v) is 8.40. The van der Waals surface area contributed by atoms with Crippen molar-refractivity contribution in [2.75, 3.05) is 5.32 Å². The van der Waals surface area contributed by atoms with Gasteiger partial charge in [-0.3, -0.25) is 4.79 Å². The Hall–Kier alpha value is -4.46. The molecule has 0 spiro atoms. The van der Waals surface area contributed by atoms with Crippen molar-refractivity contribution in [1.29, 1.82) is 0 Å². The topological polar surface area (TPSA) is 75.1 Å². The number of aromatic nitrogens is 2. The van der Waals surface area contributed by atoms with E-state index in [2.05, 4.69) is 15.5 Å². The van der Waals surface area contributed by atoms with Crippen molar-refractivity contribution in [2.24, 2.45) is 0 Å². The number of nitrogens with one attached hydrogen (secondary N) is 1. The fraction of sp³-hybridized carbons (Fsp3) is 0.107. The summed E-state index contributed by atoms with van der Waals surface area (Å²) in [6.45, 7) is 0.459. The van der Waals surface area contributed by atoms with E-state index in [4.69, 9.17) is 0 Å². The summed E-state index contributed by atoms with van der Waals surface area (Å²) in [5.41, 5.74) is 2.82. The highest BCUT2D eigenvalue weighted by Crippen LogP contribution is 2.36. The molecule has 0 aliphatic carbocycles. The molecule has 0 atom stereocenters. The van der Waals surface area contributed by atoms with E-state index in [9.17, 15) is 23.1 Å². The van der Waals surface area contributed by atoms with Crippen molar-refractivity contribution in [3.63, 3.8) is 0 Å². The second-order valence-electron chi connectivity index (χ2n) is 8.40. The van der Waals surface area contributed by atoms with Crippen LogP contribution in [0.1, 0.15) is 16.7 Å². The number of nitrogens with zero attached hydrogens (tertiary/aromatic N) is 2. The Labute approximate surface area is 204 Å². The van der Waals surface area contributed by atoms with Crippen molar-refractivity contribution >= 4 is 33.3 Å². The van der Waals surface area contributed by atoms with Crippen LogP contribution in [0.4, 0.5) is 18.9 Å². The first-order chi connectivity index (χ1) is 17.3. The number of carboxylic acids is 1. The molecular weight excluding hydrogens is 467 g/mol. The molecule has 0 aliphatic heterocycles. The smallest absolute Gasteiger partial charge is 0.418 e. The van der Waals surface area contributed by atoms with Crippen LogP contribution in [0, 0.1) is 0 Å². The molecule has 180 valence electrons. The number of anilines is 1. The molecule has 5 aromatic rings. The van der Waals surface area contributed by atoms with E-state index in [1.807, 2.05) is 54.6 Å². The van der Waals surface area contributed by atoms with Crippen molar-refractivity contribution in [2.45, 2.75) is 19.1 Å². The van der Waals surface area contributed by atoms with Gasteiger partial charge in [0.25, 0.3) is 0 Å². The minimum Gasteiger partial charge on any atom is -0.481 e. The summed E-state index contributed by atoms with van der Waals surface area (Å²) in [6, 6.07) is 22.8. The Morgan fingerprint density at radius 3 is 2.42 bits per heavy atom. The molecule has 0 saturated heterocycles. The fourth-order valence-electron chi connectivity index (χ4n) is 4.43. The van der Waals surface area contributed by atoms with E-state index in [-0.39, 0.29) is 11.9 Å². The minimum atomic E-state index is -4.53. The number of halogens is 3. The average Bonchev–Trinajstić information content (AvgIpc) is 2.86. The lowest BCUT2D eigenvalue weighted by molar-refractivity contribution is -0.137. The molecule has 5 rings (SSSR count). The Bertz CT molecular complexity index is 1600. The lowest BCUT2D eigenvalue weighted by atomic mass is 9.98. The van der Waals surface area contributed by atoms with Gasteiger partial charge >= 0.3 is 12.1 Å². The van der Waals surface area contributed by atoms with E-state index >= 15 is 0 Å². The predicted molar refractivity (Wildman–Crippen MR) is 133 cm³/mol. The van der Waals surface area contributed by atoms with Crippen LogP contribution >= 0.6 is 0 Å². The monoisotopic (exact) mass is 487 g/mol. The van der Waals surface area contributed by atoms with Crippen LogP contribution in [0.2, 0.25) is 0 Å². The van der Waals surface area contributed by atoms with Crippen molar-refractivity contribution < 1.29 is 23.1 Å². The lowest BCUT2D eigenvalue weighted by Crippen LogP contribution is -2.07. The quantitative estimate of drug-likeness (QED) is 0.279. The summed E-state index contributed by atoms with van der Waals surface area (Å²) in [7, 11) is 0. The first-order valence-electron chi connectivity index (χ1n) is 11.2. The van der Waals surface area contributed by atoms with Gasteiger partial charge < -0.3 is 10.4 Å². The van der Waals surface area contributed by atoms with Crippen molar-refractivity contribution in [3.8, 4) is 11.1 Å². The van der Waals surface area contributed by atoms with E-state index in [1.165, 1.54) is 12.3 Å². The predicted octanol–water partition coefficient (Wildman–Crippen LogP) is 6.71. The Morgan fingerprint density at radius 2 is 1.61 bits per heavy atom. The maximum atomic E-state index is 13.5. The number of carboxylic acid groups (broad SMARTS) is 1. The molecule has 0 saturated carbocycles. The van der Waals surface area contributed by atoms with E-state index < -0.39 is 17.7 Å². The van der Waals surface area contributed by atoms with Crippen LogP contribution in [0.15, 0.2) is 85.1 Å². The molecule has 5 nitrogen and oxygen atoms in total. The Morgan fingerprint density at radius 1 is 0.889 bits per heavy atom. The van der Waals surface area contributed by atoms with Crippen LogP contribution in [0.3, 0.4) is 0 Å². The highest BCUT2D eigenvalue weighted by atomic mass is 19.4. The number of carbonyl (C=O) groups is 1. The zero-order valence-electron chi connectivity index (χ0n) is 18.9. The van der Waals surface area contributed by atoms with Crippen LogP contribution in [0.5, 0.6) is 0 Å². The maximum Gasteiger partial charge on any atom is 0.418 e. The van der Waals surface area contributed by atoms with E-state index in [0.29, 0.717) is 17.5 Å². The van der Waals surface area contributed by atoms with Gasteiger partial charge in [0.2, 0.25) is 0 Å². The molecule has 4 aromatic carbocycles. The summed E-state index contributed by atoms with van der Waals surface area (Å²) in [5, 5.41) is 22.4. The molecule has 0 bridgehead atoms. The maximum absolute atomic E-state index is 13.5. The van der Waals surface area contributed by atoms with Crippen molar-refractivity contribution in [3.05, 3.63) is 102 Å². The van der Waals surface area contributed by atoms with Crippen LogP contribution < -0.4 is 5.32 Å². The third-order valence-corrected chi connectivity index (χ3v) is 6.05. The van der Waals surface area contributed by atoms with Gasteiger partial charge in [-0.25, -0.2) is 0 Å². The van der Waals surface area contributed by atoms with Gasteiger partial charge in [-0.15, -0.1) is 5.10 Å².